The molecule has 24 heavy (non-hydrogen) atoms. The quantitative estimate of drug-likeness (QED) is 0.837. The molecule has 3 rings (SSSR count). The summed E-state index contributed by atoms with van der Waals surface area (Å²) >= 11 is 3.40. The summed E-state index contributed by atoms with van der Waals surface area (Å²) in [6.07, 6.45) is 0. The van der Waals surface area contributed by atoms with Gasteiger partial charge in [0, 0.05) is 17.6 Å². The van der Waals surface area contributed by atoms with Gasteiger partial charge in [0.15, 0.2) is 0 Å². The molecule has 1 aliphatic heterocycles. The number of likely N-dealkylation sites (N-methyl/N-ethyl adjacent to an activating group) is 1. The molecule has 0 radical (unpaired) electrons. The second-order valence-electron chi connectivity index (χ2n) is 5.94. The zero-order chi connectivity index (χ0) is 17.5. The van der Waals surface area contributed by atoms with E-state index in [1.165, 1.54) is 0 Å². The van der Waals surface area contributed by atoms with Crippen LogP contribution in [0.1, 0.15) is 11.1 Å². The van der Waals surface area contributed by atoms with Crippen molar-refractivity contribution in [2.24, 2.45) is 0 Å². The van der Waals surface area contributed by atoms with Gasteiger partial charge in [-0.1, -0.05) is 6.07 Å². The first-order valence-corrected chi connectivity index (χ1v) is 9.83. The van der Waals surface area contributed by atoms with Gasteiger partial charge in [-0.05, 0) is 59.1 Å². The molecule has 0 saturated heterocycles. The minimum Gasteiger partial charge on any atom is -0.490 e. The lowest BCUT2D eigenvalue weighted by molar-refractivity contribution is 0.310. The molecule has 2 aromatic carbocycles. The SMILES string of the molecule is Cc1ccc(NS(=O)(=O)c2cc3c(cc2C)N(C)CCO3)c(Br)c1. The predicted octanol–water partition coefficient (Wildman–Crippen LogP) is 3.70. The highest BCUT2D eigenvalue weighted by atomic mass is 79.9. The van der Waals surface area contributed by atoms with Crippen LogP contribution >= 0.6 is 15.9 Å². The lowest BCUT2D eigenvalue weighted by atomic mass is 10.1. The molecule has 2 aromatic rings. The Bertz CT molecular complexity index is 897. The fraction of sp³-hybridized carbons (Fsp3) is 0.294. The summed E-state index contributed by atoms with van der Waals surface area (Å²) in [6.45, 7) is 5.07. The van der Waals surface area contributed by atoms with Gasteiger partial charge in [-0.15, -0.1) is 0 Å². The van der Waals surface area contributed by atoms with Gasteiger partial charge in [0.1, 0.15) is 12.4 Å². The summed E-state index contributed by atoms with van der Waals surface area (Å²) in [5.41, 5.74) is 3.15. The fourth-order valence-corrected chi connectivity index (χ4v) is 4.72. The number of hydrogen-bond donors (Lipinski definition) is 1. The lowest BCUT2D eigenvalue weighted by Crippen LogP contribution is -2.29. The molecule has 0 fully saturated rings. The van der Waals surface area contributed by atoms with Gasteiger partial charge in [0.05, 0.1) is 22.8 Å². The van der Waals surface area contributed by atoms with Crippen LogP contribution in [0.4, 0.5) is 11.4 Å². The molecule has 7 heteroatoms. The second-order valence-corrected chi connectivity index (χ2v) is 8.45. The second kappa shape index (κ2) is 6.29. The van der Waals surface area contributed by atoms with Gasteiger partial charge in [-0.25, -0.2) is 8.42 Å². The van der Waals surface area contributed by atoms with Gasteiger partial charge >= 0.3 is 0 Å². The van der Waals surface area contributed by atoms with Gasteiger partial charge in [-0.3, -0.25) is 4.72 Å². The lowest BCUT2D eigenvalue weighted by Gasteiger charge is -2.28. The molecule has 1 heterocycles. The van der Waals surface area contributed by atoms with Gasteiger partial charge in [0.25, 0.3) is 10.0 Å². The number of anilines is 2. The van der Waals surface area contributed by atoms with Crippen molar-refractivity contribution in [2.45, 2.75) is 18.7 Å². The molecule has 0 saturated carbocycles. The maximum absolute atomic E-state index is 12.8. The van der Waals surface area contributed by atoms with Crippen LogP contribution in [0.3, 0.4) is 0 Å². The van der Waals surface area contributed by atoms with E-state index in [1.54, 1.807) is 19.1 Å². The average Bonchev–Trinajstić information content (AvgIpc) is 2.50. The highest BCUT2D eigenvalue weighted by Gasteiger charge is 2.24. The monoisotopic (exact) mass is 410 g/mol. The molecular weight excluding hydrogens is 392 g/mol. The maximum atomic E-state index is 12.8. The molecule has 1 aliphatic rings. The molecule has 0 aromatic heterocycles. The van der Waals surface area contributed by atoms with Crippen molar-refractivity contribution in [3.8, 4) is 5.75 Å². The number of benzene rings is 2. The van der Waals surface area contributed by atoms with E-state index in [0.29, 0.717) is 28.1 Å². The van der Waals surface area contributed by atoms with Crippen LogP contribution in [0, 0.1) is 13.8 Å². The fourth-order valence-electron chi connectivity index (χ4n) is 2.67. The van der Waals surface area contributed by atoms with Crippen molar-refractivity contribution in [3.05, 3.63) is 45.9 Å². The van der Waals surface area contributed by atoms with Crippen LogP contribution in [-0.2, 0) is 10.0 Å². The minimum absolute atomic E-state index is 0.226. The van der Waals surface area contributed by atoms with E-state index in [2.05, 4.69) is 25.6 Å². The van der Waals surface area contributed by atoms with Crippen molar-refractivity contribution < 1.29 is 13.2 Å². The van der Waals surface area contributed by atoms with Gasteiger partial charge in [-0.2, -0.15) is 0 Å². The van der Waals surface area contributed by atoms with Crippen LogP contribution in [-0.4, -0.2) is 28.6 Å². The van der Waals surface area contributed by atoms with E-state index >= 15 is 0 Å². The Morgan fingerprint density at radius 1 is 1.21 bits per heavy atom. The van der Waals surface area contributed by atoms with Crippen LogP contribution in [0.15, 0.2) is 39.7 Å². The number of nitrogens with zero attached hydrogens (tertiary/aromatic N) is 1. The topological polar surface area (TPSA) is 58.6 Å². The number of ether oxygens (including phenoxy) is 1. The first-order valence-electron chi connectivity index (χ1n) is 7.55. The third-order valence-corrected chi connectivity index (χ3v) is 6.17. The Labute approximate surface area is 150 Å². The smallest absolute Gasteiger partial charge is 0.262 e. The van der Waals surface area contributed by atoms with E-state index in [1.807, 2.05) is 32.2 Å². The minimum atomic E-state index is -3.71. The van der Waals surface area contributed by atoms with Crippen LogP contribution < -0.4 is 14.4 Å². The third-order valence-electron chi connectivity index (χ3n) is 4.01. The standard InChI is InChI=1S/C17H19BrN2O3S/c1-11-4-5-14(13(18)8-11)19-24(21,22)17-10-16-15(9-12(17)2)20(3)6-7-23-16/h4-5,8-10,19H,6-7H2,1-3H3. The number of rotatable bonds is 3. The van der Waals surface area contributed by atoms with Crippen molar-refractivity contribution in [2.75, 3.05) is 29.8 Å². The summed E-state index contributed by atoms with van der Waals surface area (Å²) in [6, 6.07) is 8.93. The molecule has 0 aliphatic carbocycles. The van der Waals surface area contributed by atoms with E-state index in [9.17, 15) is 8.42 Å². The first kappa shape index (κ1) is 17.1. The maximum Gasteiger partial charge on any atom is 0.262 e. The van der Waals surface area contributed by atoms with Crippen molar-refractivity contribution >= 4 is 37.3 Å². The number of halogens is 1. The number of aryl methyl sites for hydroxylation is 2. The molecule has 128 valence electrons. The highest BCUT2D eigenvalue weighted by Crippen LogP contribution is 2.36. The van der Waals surface area contributed by atoms with E-state index in [0.717, 1.165) is 17.8 Å². The number of nitrogens with one attached hydrogen (secondary N) is 1. The molecular formula is C17H19BrN2O3S. The molecule has 0 bridgehead atoms. The normalized spacial score (nSPS) is 14.1. The van der Waals surface area contributed by atoms with Crippen LogP contribution in [0.5, 0.6) is 5.75 Å². The molecule has 0 spiro atoms. The van der Waals surface area contributed by atoms with Crippen molar-refractivity contribution in [1.29, 1.82) is 0 Å². The Morgan fingerprint density at radius 3 is 2.67 bits per heavy atom. The van der Waals surface area contributed by atoms with Crippen LogP contribution in [0.2, 0.25) is 0 Å². The van der Waals surface area contributed by atoms with Crippen LogP contribution in [0.25, 0.3) is 0 Å². The zero-order valence-corrected chi connectivity index (χ0v) is 16.2. The largest absolute Gasteiger partial charge is 0.490 e. The summed E-state index contributed by atoms with van der Waals surface area (Å²) < 4.78 is 34.6. The Balaban J connectivity index is 2.01. The zero-order valence-electron chi connectivity index (χ0n) is 13.8. The van der Waals surface area contributed by atoms with Gasteiger partial charge < -0.3 is 9.64 Å². The molecule has 0 amide bonds. The highest BCUT2D eigenvalue weighted by molar-refractivity contribution is 9.10. The molecule has 5 nitrogen and oxygen atoms in total. The Hall–Kier alpha value is -1.73. The van der Waals surface area contributed by atoms with Gasteiger partial charge in [0.2, 0.25) is 0 Å². The predicted molar refractivity (Wildman–Crippen MR) is 99.6 cm³/mol. The number of sulfonamides is 1. The molecule has 0 atom stereocenters. The first-order chi connectivity index (χ1) is 11.3. The van der Waals surface area contributed by atoms with E-state index in [4.69, 9.17) is 4.74 Å². The van der Waals surface area contributed by atoms with E-state index in [-0.39, 0.29) is 4.90 Å². The number of hydrogen-bond acceptors (Lipinski definition) is 4. The van der Waals surface area contributed by atoms with Crippen molar-refractivity contribution in [3.63, 3.8) is 0 Å². The Morgan fingerprint density at radius 2 is 1.96 bits per heavy atom. The molecule has 1 N–H and O–H groups in total. The third kappa shape index (κ3) is 3.23. The average molecular weight is 411 g/mol. The van der Waals surface area contributed by atoms with E-state index < -0.39 is 10.0 Å². The summed E-state index contributed by atoms with van der Waals surface area (Å²) in [7, 11) is -1.74. The summed E-state index contributed by atoms with van der Waals surface area (Å²) in [5, 5.41) is 0. The van der Waals surface area contributed by atoms with Crippen molar-refractivity contribution in [1.82, 2.24) is 0 Å². The number of fused-ring (bicyclic) bond motifs is 1. The Kier molecular flexibility index (Phi) is 4.48. The summed E-state index contributed by atoms with van der Waals surface area (Å²) in [4.78, 5) is 2.29. The molecule has 0 unspecified atom stereocenters. The summed E-state index contributed by atoms with van der Waals surface area (Å²) in [5.74, 6) is 0.595.